The summed E-state index contributed by atoms with van der Waals surface area (Å²) in [6.45, 7) is 3.47. The molecule has 1 fully saturated rings. The van der Waals surface area contributed by atoms with Crippen molar-refractivity contribution >= 4 is 0 Å². The molecule has 36 valence electrons. The molecule has 0 aromatic carbocycles. The summed E-state index contributed by atoms with van der Waals surface area (Å²) in [6.07, 6.45) is 2.70. The summed E-state index contributed by atoms with van der Waals surface area (Å²) in [5.41, 5.74) is 0. The molecule has 1 heterocycles. The Bertz CT molecular complexity index is 36.4. The van der Waals surface area contributed by atoms with Crippen LogP contribution in [-0.4, -0.2) is 12.6 Å². The Morgan fingerprint density at radius 1 is 1.83 bits per heavy atom. The molecule has 0 saturated carbocycles. The van der Waals surface area contributed by atoms with Gasteiger partial charge in [0, 0.05) is 6.04 Å². The lowest BCUT2D eigenvalue weighted by Crippen LogP contribution is -2.41. The minimum absolute atomic E-state index is 0.866. The van der Waals surface area contributed by atoms with Crippen molar-refractivity contribution in [1.29, 1.82) is 0 Å². The molecular formula is C5H11N. The minimum Gasteiger partial charge on any atom is -0.314 e. The zero-order chi connectivity index (χ0) is 4.41. The van der Waals surface area contributed by atoms with Crippen LogP contribution in [0.3, 0.4) is 0 Å². The van der Waals surface area contributed by atoms with E-state index >= 15 is 0 Å². The average Bonchev–Trinajstić information content (AvgIpc) is 1.31. The van der Waals surface area contributed by atoms with Gasteiger partial charge < -0.3 is 5.32 Å². The van der Waals surface area contributed by atoms with E-state index in [0.29, 0.717) is 0 Å². The van der Waals surface area contributed by atoms with E-state index in [1.807, 2.05) is 0 Å². The van der Waals surface area contributed by atoms with Gasteiger partial charge >= 0.3 is 0 Å². The number of rotatable bonds is 1. The summed E-state index contributed by atoms with van der Waals surface area (Å²) in [5, 5.41) is 3.30. The molecule has 1 rings (SSSR count). The predicted octanol–water partition coefficient (Wildman–Crippen LogP) is 0.758. The molecule has 0 aromatic rings. The molecule has 1 N–H and O–H groups in total. The van der Waals surface area contributed by atoms with Gasteiger partial charge in [0.25, 0.3) is 0 Å². The molecule has 0 aliphatic carbocycles. The topological polar surface area (TPSA) is 12.0 Å². The molecule has 1 atom stereocenters. The maximum absolute atomic E-state index is 3.30. The standard InChI is InChI=1S/C5H11N/c1-2-5-3-4-6-5/h5-6H,2-4H2,1H3. The van der Waals surface area contributed by atoms with Gasteiger partial charge in [-0.1, -0.05) is 6.92 Å². The van der Waals surface area contributed by atoms with Gasteiger partial charge in [0.2, 0.25) is 0 Å². The summed E-state index contributed by atoms with van der Waals surface area (Å²) in [5.74, 6) is 0. The van der Waals surface area contributed by atoms with Crippen LogP contribution in [0, 0.1) is 0 Å². The largest absolute Gasteiger partial charge is 0.314 e. The Balaban J connectivity index is 2.01. The molecule has 1 unspecified atom stereocenters. The maximum Gasteiger partial charge on any atom is 0.00765 e. The summed E-state index contributed by atoms with van der Waals surface area (Å²) >= 11 is 0. The van der Waals surface area contributed by atoms with Gasteiger partial charge in [-0.15, -0.1) is 0 Å². The molecule has 1 aliphatic heterocycles. The van der Waals surface area contributed by atoms with E-state index in [1.54, 1.807) is 0 Å². The minimum atomic E-state index is 0.866. The van der Waals surface area contributed by atoms with E-state index in [0.717, 1.165) is 6.04 Å². The Labute approximate surface area is 38.7 Å². The normalized spacial score (nSPS) is 32.5. The van der Waals surface area contributed by atoms with Gasteiger partial charge in [0.1, 0.15) is 0 Å². The number of hydrogen-bond acceptors (Lipinski definition) is 1. The highest BCUT2D eigenvalue weighted by Gasteiger charge is 2.11. The van der Waals surface area contributed by atoms with Crippen molar-refractivity contribution < 1.29 is 0 Å². The van der Waals surface area contributed by atoms with Crippen LogP contribution in [0.2, 0.25) is 0 Å². The van der Waals surface area contributed by atoms with Gasteiger partial charge in [-0.3, -0.25) is 0 Å². The molecule has 0 aromatic heterocycles. The predicted molar refractivity (Wildman–Crippen MR) is 26.7 cm³/mol. The second kappa shape index (κ2) is 1.61. The van der Waals surface area contributed by atoms with Gasteiger partial charge in [0.05, 0.1) is 0 Å². The highest BCUT2D eigenvalue weighted by molar-refractivity contribution is 4.74. The molecule has 6 heavy (non-hydrogen) atoms. The third-order valence-corrected chi connectivity index (χ3v) is 1.42. The van der Waals surface area contributed by atoms with E-state index in [2.05, 4.69) is 12.2 Å². The summed E-state index contributed by atoms with van der Waals surface area (Å²) in [7, 11) is 0. The smallest absolute Gasteiger partial charge is 0.00765 e. The first-order valence-electron chi connectivity index (χ1n) is 2.67. The maximum atomic E-state index is 3.30. The van der Waals surface area contributed by atoms with Crippen molar-refractivity contribution in [2.24, 2.45) is 0 Å². The van der Waals surface area contributed by atoms with Crippen molar-refractivity contribution in [2.75, 3.05) is 6.54 Å². The number of hydrogen-bond donors (Lipinski definition) is 1. The Kier molecular flexibility index (Phi) is 1.10. The first-order chi connectivity index (χ1) is 2.93. The van der Waals surface area contributed by atoms with Crippen LogP contribution in [0.5, 0.6) is 0 Å². The van der Waals surface area contributed by atoms with Gasteiger partial charge in [-0.05, 0) is 19.4 Å². The zero-order valence-electron chi connectivity index (χ0n) is 4.20. The molecule has 1 aliphatic rings. The Morgan fingerprint density at radius 3 is 2.50 bits per heavy atom. The van der Waals surface area contributed by atoms with Crippen LogP contribution in [0.25, 0.3) is 0 Å². The SMILES string of the molecule is CCC1CCN1. The van der Waals surface area contributed by atoms with Crippen molar-refractivity contribution in [3.63, 3.8) is 0 Å². The average molecular weight is 85.2 g/mol. The molecule has 0 amide bonds. The van der Waals surface area contributed by atoms with Gasteiger partial charge in [-0.2, -0.15) is 0 Å². The fraction of sp³-hybridized carbons (Fsp3) is 1.00. The highest BCUT2D eigenvalue weighted by Crippen LogP contribution is 2.03. The van der Waals surface area contributed by atoms with E-state index in [9.17, 15) is 0 Å². The molecule has 1 nitrogen and oxygen atoms in total. The fourth-order valence-electron chi connectivity index (χ4n) is 0.697. The van der Waals surface area contributed by atoms with Crippen LogP contribution in [0.15, 0.2) is 0 Å². The van der Waals surface area contributed by atoms with Gasteiger partial charge in [-0.25, -0.2) is 0 Å². The lowest BCUT2D eigenvalue weighted by atomic mass is 10.1. The molecule has 0 bridgehead atoms. The molecule has 0 radical (unpaired) electrons. The third-order valence-electron chi connectivity index (χ3n) is 1.42. The van der Waals surface area contributed by atoms with Crippen LogP contribution >= 0.6 is 0 Å². The van der Waals surface area contributed by atoms with Crippen molar-refractivity contribution in [3.8, 4) is 0 Å². The summed E-state index contributed by atoms with van der Waals surface area (Å²) in [4.78, 5) is 0. The molecular weight excluding hydrogens is 74.1 g/mol. The Hall–Kier alpha value is -0.0400. The lowest BCUT2D eigenvalue weighted by molar-refractivity contribution is 0.362. The van der Waals surface area contributed by atoms with E-state index in [1.165, 1.54) is 19.4 Å². The second-order valence-electron chi connectivity index (χ2n) is 1.85. The summed E-state index contributed by atoms with van der Waals surface area (Å²) < 4.78 is 0. The van der Waals surface area contributed by atoms with Crippen LogP contribution in [-0.2, 0) is 0 Å². The van der Waals surface area contributed by atoms with Crippen molar-refractivity contribution in [1.82, 2.24) is 5.32 Å². The van der Waals surface area contributed by atoms with Gasteiger partial charge in [0.15, 0.2) is 0 Å². The van der Waals surface area contributed by atoms with Crippen molar-refractivity contribution in [2.45, 2.75) is 25.8 Å². The van der Waals surface area contributed by atoms with Crippen molar-refractivity contribution in [3.05, 3.63) is 0 Å². The van der Waals surface area contributed by atoms with E-state index in [4.69, 9.17) is 0 Å². The van der Waals surface area contributed by atoms with Crippen LogP contribution in [0.1, 0.15) is 19.8 Å². The van der Waals surface area contributed by atoms with E-state index < -0.39 is 0 Å². The second-order valence-corrected chi connectivity index (χ2v) is 1.85. The first kappa shape index (κ1) is 4.13. The quantitative estimate of drug-likeness (QED) is 0.495. The molecule has 1 saturated heterocycles. The molecule has 1 heteroatoms. The van der Waals surface area contributed by atoms with E-state index in [-0.39, 0.29) is 0 Å². The zero-order valence-corrected chi connectivity index (χ0v) is 4.20. The summed E-state index contributed by atoms with van der Waals surface area (Å²) in [6, 6.07) is 0.866. The first-order valence-corrected chi connectivity index (χ1v) is 2.67. The van der Waals surface area contributed by atoms with Crippen LogP contribution in [0.4, 0.5) is 0 Å². The lowest BCUT2D eigenvalue weighted by Gasteiger charge is -2.25. The fourth-order valence-corrected chi connectivity index (χ4v) is 0.697. The monoisotopic (exact) mass is 85.1 g/mol. The highest BCUT2D eigenvalue weighted by atomic mass is 15.0. The molecule has 0 spiro atoms. The number of nitrogens with one attached hydrogen (secondary N) is 1. The Morgan fingerprint density at radius 2 is 2.50 bits per heavy atom. The third kappa shape index (κ3) is 0.548. The van der Waals surface area contributed by atoms with Crippen LogP contribution < -0.4 is 5.32 Å².